The predicted molar refractivity (Wildman–Crippen MR) is 116 cm³/mol. The molecule has 0 fully saturated rings. The second kappa shape index (κ2) is 9.90. The van der Waals surface area contributed by atoms with Crippen molar-refractivity contribution in [3.63, 3.8) is 0 Å². The van der Waals surface area contributed by atoms with Crippen molar-refractivity contribution in [2.45, 2.75) is 23.6 Å². The van der Waals surface area contributed by atoms with Gasteiger partial charge in [-0.2, -0.15) is 18.4 Å². The van der Waals surface area contributed by atoms with E-state index in [1.807, 2.05) is 5.32 Å². The molecule has 2 aromatic carbocycles. The molecule has 2 rings (SSSR count). The largest absolute Gasteiger partial charge is 0.417 e. The van der Waals surface area contributed by atoms with Gasteiger partial charge in [-0.1, -0.05) is 15.9 Å². The van der Waals surface area contributed by atoms with Crippen molar-refractivity contribution in [1.29, 1.82) is 5.26 Å². The van der Waals surface area contributed by atoms with Crippen LogP contribution < -0.4 is 10.6 Å². The number of hydrogen-bond donors (Lipinski definition) is 3. The molecule has 8 nitrogen and oxygen atoms in total. The summed E-state index contributed by atoms with van der Waals surface area (Å²) in [5, 5.41) is 23.8. The molecule has 2 aromatic rings. The van der Waals surface area contributed by atoms with Crippen molar-refractivity contribution >= 4 is 49.0 Å². The normalized spacial score (nSPS) is 13.5. The van der Waals surface area contributed by atoms with Crippen LogP contribution in [0.5, 0.6) is 0 Å². The minimum atomic E-state index is -4.86. The Morgan fingerprint density at radius 1 is 1.09 bits per heavy atom. The highest BCUT2D eigenvalue weighted by atomic mass is 79.9. The van der Waals surface area contributed by atoms with Crippen molar-refractivity contribution in [2.24, 2.45) is 0 Å². The molecule has 13 heteroatoms. The van der Waals surface area contributed by atoms with E-state index >= 15 is 0 Å². The molecular formula is C20H17BrF3N3O5S. The Hall–Kier alpha value is -2.95. The maximum atomic E-state index is 13.1. The van der Waals surface area contributed by atoms with E-state index < -0.39 is 44.4 Å². The maximum Gasteiger partial charge on any atom is 0.417 e. The number of carbonyl (C=O) groups excluding carboxylic acids is 2. The lowest BCUT2D eigenvalue weighted by Gasteiger charge is -2.22. The standard InChI is InChI=1S/C20H17BrF3N3O5S/c1-19(30,11-33(31,32)15-6-4-13(5-7-15)26-17(28)9-21)18(29)27-14-3-2-12(10-25)16(8-14)20(22,23)24/h2-8,30H,9,11H2,1H3,(H,26,28)(H,27,29)/t19-/m0/s1. The van der Waals surface area contributed by atoms with Crippen LogP contribution in [0.25, 0.3) is 0 Å². The first-order valence-corrected chi connectivity index (χ1v) is 11.8. The quantitative estimate of drug-likeness (QED) is 0.455. The molecule has 176 valence electrons. The fourth-order valence-corrected chi connectivity index (χ4v) is 4.41. The summed E-state index contributed by atoms with van der Waals surface area (Å²) < 4.78 is 64.6. The highest BCUT2D eigenvalue weighted by Gasteiger charge is 2.38. The molecule has 0 heterocycles. The molecule has 0 unspecified atom stereocenters. The molecule has 0 bridgehead atoms. The molecule has 0 aromatic heterocycles. The zero-order valence-electron chi connectivity index (χ0n) is 16.9. The van der Waals surface area contributed by atoms with Crippen LogP contribution in [-0.4, -0.2) is 42.0 Å². The third kappa shape index (κ3) is 6.77. The van der Waals surface area contributed by atoms with Crippen molar-refractivity contribution < 1.29 is 36.3 Å². The van der Waals surface area contributed by atoms with E-state index in [0.717, 1.165) is 19.1 Å². The van der Waals surface area contributed by atoms with Gasteiger partial charge in [0.25, 0.3) is 5.91 Å². The summed E-state index contributed by atoms with van der Waals surface area (Å²) in [6.07, 6.45) is -4.86. The Bertz CT molecular complexity index is 1210. The third-order valence-corrected chi connectivity index (χ3v) is 6.72. The number of amides is 2. The van der Waals surface area contributed by atoms with Crippen LogP contribution in [-0.2, 0) is 25.6 Å². The average molecular weight is 548 g/mol. The van der Waals surface area contributed by atoms with Gasteiger partial charge >= 0.3 is 6.18 Å². The number of hydrogen-bond acceptors (Lipinski definition) is 6. The van der Waals surface area contributed by atoms with Gasteiger partial charge < -0.3 is 15.7 Å². The van der Waals surface area contributed by atoms with E-state index in [4.69, 9.17) is 5.26 Å². The maximum absolute atomic E-state index is 13.1. The monoisotopic (exact) mass is 547 g/mol. The lowest BCUT2D eigenvalue weighted by Crippen LogP contribution is -2.45. The lowest BCUT2D eigenvalue weighted by molar-refractivity contribution is -0.137. The zero-order chi connectivity index (χ0) is 25.0. The molecule has 3 N–H and O–H groups in total. The molecule has 0 saturated carbocycles. The number of carbonyl (C=O) groups is 2. The van der Waals surface area contributed by atoms with Gasteiger partial charge in [-0.15, -0.1) is 0 Å². The van der Waals surface area contributed by atoms with Gasteiger partial charge in [0.15, 0.2) is 15.4 Å². The van der Waals surface area contributed by atoms with Gasteiger partial charge in [-0.05, 0) is 49.4 Å². The van der Waals surface area contributed by atoms with E-state index in [0.29, 0.717) is 11.8 Å². The fourth-order valence-electron chi connectivity index (χ4n) is 2.68. The number of anilines is 2. The highest BCUT2D eigenvalue weighted by molar-refractivity contribution is 9.09. The van der Waals surface area contributed by atoms with Crippen molar-refractivity contribution in [1.82, 2.24) is 0 Å². The Morgan fingerprint density at radius 2 is 1.67 bits per heavy atom. The third-order valence-electron chi connectivity index (χ3n) is 4.28. The molecule has 0 spiro atoms. The summed E-state index contributed by atoms with van der Waals surface area (Å²) in [4.78, 5) is 23.6. The van der Waals surface area contributed by atoms with Crippen LogP contribution in [0.1, 0.15) is 18.1 Å². The number of nitrogens with one attached hydrogen (secondary N) is 2. The second-order valence-electron chi connectivity index (χ2n) is 7.06. The van der Waals surface area contributed by atoms with Crippen LogP contribution in [0.2, 0.25) is 0 Å². The molecule has 2 amide bonds. The molecular weight excluding hydrogens is 531 g/mol. The number of aliphatic hydroxyl groups is 1. The molecule has 33 heavy (non-hydrogen) atoms. The van der Waals surface area contributed by atoms with Crippen molar-refractivity contribution in [3.05, 3.63) is 53.6 Å². The van der Waals surface area contributed by atoms with E-state index in [1.54, 1.807) is 0 Å². The lowest BCUT2D eigenvalue weighted by atomic mass is 10.1. The van der Waals surface area contributed by atoms with E-state index in [9.17, 15) is 36.3 Å². The molecule has 0 aliphatic rings. The number of nitriles is 1. The van der Waals surface area contributed by atoms with Gasteiger partial charge in [0.05, 0.1) is 33.2 Å². The predicted octanol–water partition coefficient (Wildman–Crippen LogP) is 3.07. The Kier molecular flexibility index (Phi) is 7.89. The highest BCUT2D eigenvalue weighted by Crippen LogP contribution is 2.33. The Morgan fingerprint density at radius 3 is 2.18 bits per heavy atom. The smallest absolute Gasteiger partial charge is 0.379 e. The van der Waals surface area contributed by atoms with Gasteiger partial charge in [0, 0.05) is 11.4 Å². The van der Waals surface area contributed by atoms with E-state index in [2.05, 4.69) is 21.2 Å². The Labute approximate surface area is 195 Å². The Balaban J connectivity index is 2.20. The molecule has 0 aliphatic heterocycles. The summed E-state index contributed by atoms with van der Waals surface area (Å²) in [6, 6.07) is 8.75. The van der Waals surface area contributed by atoms with E-state index in [1.165, 1.54) is 30.3 Å². The summed E-state index contributed by atoms with van der Waals surface area (Å²) in [6.45, 7) is 0.902. The van der Waals surface area contributed by atoms with Crippen LogP contribution in [0.15, 0.2) is 47.4 Å². The van der Waals surface area contributed by atoms with Crippen LogP contribution >= 0.6 is 15.9 Å². The molecule has 0 saturated heterocycles. The number of sulfone groups is 1. The first kappa shape index (κ1) is 26.3. The van der Waals surface area contributed by atoms with Gasteiger partial charge in [-0.25, -0.2) is 8.42 Å². The minimum Gasteiger partial charge on any atom is -0.379 e. The van der Waals surface area contributed by atoms with Crippen molar-refractivity contribution in [3.8, 4) is 6.07 Å². The summed E-state index contributed by atoms with van der Waals surface area (Å²) >= 11 is 2.97. The first-order chi connectivity index (χ1) is 15.2. The summed E-state index contributed by atoms with van der Waals surface area (Å²) in [5.41, 5.74) is -4.51. The molecule has 0 radical (unpaired) electrons. The molecule has 0 aliphatic carbocycles. The number of nitrogens with zero attached hydrogens (tertiary/aromatic N) is 1. The summed E-state index contributed by atoms with van der Waals surface area (Å²) in [7, 11) is -4.20. The van der Waals surface area contributed by atoms with Crippen molar-refractivity contribution in [2.75, 3.05) is 21.7 Å². The number of rotatable bonds is 7. The zero-order valence-corrected chi connectivity index (χ0v) is 19.3. The SMILES string of the molecule is C[C@](O)(CS(=O)(=O)c1ccc(NC(=O)CBr)cc1)C(=O)Nc1ccc(C#N)c(C(F)(F)F)c1. The molecule has 1 atom stereocenters. The average Bonchev–Trinajstić information content (AvgIpc) is 2.72. The van der Waals surface area contributed by atoms with Gasteiger partial charge in [0.1, 0.15) is 0 Å². The fraction of sp³-hybridized carbons (Fsp3) is 0.250. The van der Waals surface area contributed by atoms with Crippen LogP contribution in [0.3, 0.4) is 0 Å². The summed E-state index contributed by atoms with van der Waals surface area (Å²) in [5.74, 6) is -2.69. The van der Waals surface area contributed by atoms with Crippen LogP contribution in [0.4, 0.5) is 24.5 Å². The first-order valence-electron chi connectivity index (χ1n) is 9.03. The van der Waals surface area contributed by atoms with Crippen LogP contribution in [0, 0.1) is 11.3 Å². The number of benzene rings is 2. The number of halogens is 4. The number of alkyl halides is 4. The van der Waals surface area contributed by atoms with Gasteiger partial charge in [0.2, 0.25) is 5.91 Å². The topological polar surface area (TPSA) is 136 Å². The second-order valence-corrected chi connectivity index (χ2v) is 9.61. The van der Waals surface area contributed by atoms with E-state index in [-0.39, 0.29) is 21.8 Å². The minimum absolute atomic E-state index is 0.0364. The van der Waals surface area contributed by atoms with Gasteiger partial charge in [-0.3, -0.25) is 9.59 Å².